The summed E-state index contributed by atoms with van der Waals surface area (Å²) in [5.74, 6) is -2.61. The fourth-order valence-electron chi connectivity index (χ4n) is 4.00. The maximum Gasteiger partial charge on any atom is 0.416 e. The van der Waals surface area contributed by atoms with E-state index >= 15 is 0 Å². The molecule has 38 heavy (non-hydrogen) atoms. The molecule has 0 aliphatic heterocycles. The minimum Gasteiger partial charge on any atom is -0.322 e. The largest absolute Gasteiger partial charge is 0.416 e. The molecular weight excluding hydrogens is 532 g/mol. The van der Waals surface area contributed by atoms with Crippen LogP contribution in [-0.4, -0.2) is 11.0 Å². The summed E-state index contributed by atoms with van der Waals surface area (Å²) in [5.41, 5.74) is -3.76. The summed E-state index contributed by atoms with van der Waals surface area (Å²) in [6.45, 7) is 0. The standard InChI is InChI=1S/C27H18ClF6N3O/c28-19-8-9-24(35-15-19)26(14-16-4-1-2-7-23(16)31,17-10-18(27(32,33)34)12-21(30)11-17)37-25(38)36-22-6-3-5-20(29)13-22/h1-13,15H,14H2,(H2,36,37,38). The number of carbonyl (C=O) groups excluding carboxylic acids is 1. The van der Waals surface area contributed by atoms with Crippen LogP contribution < -0.4 is 10.6 Å². The second kappa shape index (κ2) is 10.7. The Morgan fingerprint density at radius 2 is 1.58 bits per heavy atom. The highest BCUT2D eigenvalue weighted by atomic mass is 35.5. The Balaban J connectivity index is 1.93. The molecule has 4 rings (SSSR count). The summed E-state index contributed by atoms with van der Waals surface area (Å²) in [6.07, 6.45) is -4.22. The molecule has 2 N–H and O–H groups in total. The average molecular weight is 550 g/mol. The van der Waals surface area contributed by atoms with Gasteiger partial charge in [0.2, 0.25) is 0 Å². The SMILES string of the molecule is O=C(Nc1cccc(F)c1)NC(Cc1ccccc1F)(c1cc(F)cc(C(F)(F)F)c1)c1ccc(Cl)cn1. The van der Waals surface area contributed by atoms with Gasteiger partial charge in [-0.25, -0.2) is 18.0 Å². The van der Waals surface area contributed by atoms with Crippen LogP contribution in [0.1, 0.15) is 22.4 Å². The first-order valence-electron chi connectivity index (χ1n) is 11.0. The van der Waals surface area contributed by atoms with Crippen LogP contribution in [0.4, 0.5) is 36.8 Å². The fraction of sp³-hybridized carbons (Fsp3) is 0.111. The van der Waals surface area contributed by atoms with Gasteiger partial charge < -0.3 is 10.6 Å². The molecule has 1 heterocycles. The van der Waals surface area contributed by atoms with E-state index in [1.807, 2.05) is 0 Å². The van der Waals surface area contributed by atoms with Crippen molar-refractivity contribution in [3.63, 3.8) is 0 Å². The lowest BCUT2D eigenvalue weighted by molar-refractivity contribution is -0.137. The zero-order valence-electron chi connectivity index (χ0n) is 19.3. The van der Waals surface area contributed by atoms with Crippen molar-refractivity contribution in [2.24, 2.45) is 0 Å². The van der Waals surface area contributed by atoms with Gasteiger partial charge in [-0.05, 0) is 65.7 Å². The normalized spacial score (nSPS) is 13.0. The van der Waals surface area contributed by atoms with Crippen molar-refractivity contribution in [3.8, 4) is 0 Å². The maximum atomic E-state index is 14.8. The fourth-order valence-corrected chi connectivity index (χ4v) is 4.11. The third-order valence-corrected chi connectivity index (χ3v) is 5.93. The Bertz CT molecular complexity index is 1460. The quantitative estimate of drug-likeness (QED) is 0.245. The Morgan fingerprint density at radius 1 is 0.842 bits per heavy atom. The first-order chi connectivity index (χ1) is 18.0. The Labute approximate surface area is 218 Å². The number of rotatable bonds is 6. The first kappa shape index (κ1) is 27.0. The molecule has 0 bridgehead atoms. The van der Waals surface area contributed by atoms with Gasteiger partial charge in [0.05, 0.1) is 16.3 Å². The van der Waals surface area contributed by atoms with Gasteiger partial charge in [0.15, 0.2) is 0 Å². The molecule has 1 atom stereocenters. The predicted octanol–water partition coefficient (Wildman–Crippen LogP) is 7.48. The van der Waals surface area contributed by atoms with Crippen LogP contribution in [0.15, 0.2) is 85.1 Å². The van der Waals surface area contributed by atoms with Gasteiger partial charge in [-0.15, -0.1) is 0 Å². The van der Waals surface area contributed by atoms with Crippen LogP contribution in [0.25, 0.3) is 0 Å². The second-order valence-electron chi connectivity index (χ2n) is 8.35. The second-order valence-corrected chi connectivity index (χ2v) is 8.79. The molecule has 1 unspecified atom stereocenters. The molecule has 0 saturated heterocycles. The van der Waals surface area contributed by atoms with Crippen LogP contribution in [0.3, 0.4) is 0 Å². The highest BCUT2D eigenvalue weighted by molar-refractivity contribution is 6.30. The van der Waals surface area contributed by atoms with Crippen molar-refractivity contribution in [2.75, 3.05) is 5.32 Å². The van der Waals surface area contributed by atoms with Crippen molar-refractivity contribution < 1.29 is 31.1 Å². The number of carbonyl (C=O) groups is 1. The minimum atomic E-state index is -4.93. The summed E-state index contributed by atoms with van der Waals surface area (Å²) in [6, 6.07) is 13.7. The molecule has 0 saturated carbocycles. The van der Waals surface area contributed by atoms with E-state index in [4.69, 9.17) is 11.6 Å². The first-order valence-corrected chi connectivity index (χ1v) is 11.4. The number of urea groups is 1. The molecule has 0 aliphatic rings. The lowest BCUT2D eigenvalue weighted by Crippen LogP contribution is -2.51. The molecule has 11 heteroatoms. The van der Waals surface area contributed by atoms with E-state index in [-0.39, 0.29) is 27.5 Å². The van der Waals surface area contributed by atoms with Gasteiger partial charge in [0.1, 0.15) is 23.0 Å². The van der Waals surface area contributed by atoms with E-state index in [2.05, 4.69) is 15.6 Å². The number of nitrogens with zero attached hydrogens (tertiary/aromatic N) is 1. The number of aromatic nitrogens is 1. The van der Waals surface area contributed by atoms with Gasteiger partial charge in [-0.2, -0.15) is 13.2 Å². The molecule has 2 amide bonds. The van der Waals surface area contributed by atoms with Crippen LogP contribution in [0.5, 0.6) is 0 Å². The van der Waals surface area contributed by atoms with Crippen molar-refractivity contribution in [1.29, 1.82) is 0 Å². The Kier molecular flexibility index (Phi) is 7.63. The minimum absolute atomic E-state index is 0.00637. The molecule has 4 nitrogen and oxygen atoms in total. The van der Waals surface area contributed by atoms with Crippen LogP contribution in [-0.2, 0) is 18.1 Å². The lowest BCUT2D eigenvalue weighted by Gasteiger charge is -2.36. The van der Waals surface area contributed by atoms with Gasteiger partial charge >= 0.3 is 12.2 Å². The molecule has 1 aromatic heterocycles. The van der Waals surface area contributed by atoms with Gasteiger partial charge in [0, 0.05) is 18.3 Å². The topological polar surface area (TPSA) is 54.0 Å². The number of hydrogen-bond donors (Lipinski definition) is 2. The highest BCUT2D eigenvalue weighted by Gasteiger charge is 2.41. The van der Waals surface area contributed by atoms with Crippen molar-refractivity contribution in [2.45, 2.75) is 18.1 Å². The number of alkyl halides is 3. The van der Waals surface area contributed by atoms with Gasteiger partial charge in [0.25, 0.3) is 0 Å². The highest BCUT2D eigenvalue weighted by Crippen LogP contribution is 2.38. The van der Waals surface area contributed by atoms with Crippen LogP contribution >= 0.6 is 11.6 Å². The number of pyridine rings is 1. The molecule has 4 aromatic rings. The Hall–Kier alpha value is -4.05. The number of hydrogen-bond acceptors (Lipinski definition) is 2. The van der Waals surface area contributed by atoms with Crippen molar-refractivity contribution in [1.82, 2.24) is 10.3 Å². The molecule has 196 valence electrons. The number of nitrogens with one attached hydrogen (secondary N) is 2. The zero-order chi connectivity index (χ0) is 27.5. The molecule has 0 aliphatic carbocycles. The molecule has 0 spiro atoms. The van der Waals surface area contributed by atoms with E-state index in [0.29, 0.717) is 12.1 Å². The average Bonchev–Trinajstić information content (AvgIpc) is 2.84. The molecular formula is C27H18ClF6N3O. The molecule has 3 aromatic carbocycles. The van der Waals surface area contributed by atoms with E-state index in [9.17, 15) is 31.1 Å². The van der Waals surface area contributed by atoms with E-state index in [0.717, 1.165) is 24.3 Å². The number of amides is 2. The molecule has 0 fully saturated rings. The van der Waals surface area contributed by atoms with E-state index in [1.54, 1.807) is 0 Å². The van der Waals surface area contributed by atoms with E-state index < -0.39 is 47.2 Å². The van der Waals surface area contributed by atoms with Crippen LogP contribution in [0.2, 0.25) is 5.02 Å². The maximum absolute atomic E-state index is 14.8. The van der Waals surface area contributed by atoms with Gasteiger partial charge in [-0.1, -0.05) is 35.9 Å². The lowest BCUT2D eigenvalue weighted by atomic mass is 9.79. The summed E-state index contributed by atoms with van der Waals surface area (Å²) >= 11 is 5.96. The number of halogens is 7. The summed E-state index contributed by atoms with van der Waals surface area (Å²) in [7, 11) is 0. The third kappa shape index (κ3) is 6.08. The number of benzene rings is 3. The van der Waals surface area contributed by atoms with Crippen LogP contribution in [0, 0.1) is 17.5 Å². The third-order valence-electron chi connectivity index (χ3n) is 5.71. The van der Waals surface area contributed by atoms with Crippen molar-refractivity contribution in [3.05, 3.63) is 130 Å². The Morgan fingerprint density at radius 3 is 2.24 bits per heavy atom. The van der Waals surface area contributed by atoms with E-state index in [1.165, 1.54) is 48.7 Å². The summed E-state index contributed by atoms with van der Waals surface area (Å²) < 4.78 is 84.2. The summed E-state index contributed by atoms with van der Waals surface area (Å²) in [5, 5.41) is 5.12. The van der Waals surface area contributed by atoms with Crippen molar-refractivity contribution >= 4 is 23.3 Å². The zero-order valence-corrected chi connectivity index (χ0v) is 20.0. The summed E-state index contributed by atoms with van der Waals surface area (Å²) in [4.78, 5) is 17.4. The predicted molar refractivity (Wildman–Crippen MR) is 130 cm³/mol. The monoisotopic (exact) mass is 549 g/mol. The van der Waals surface area contributed by atoms with Gasteiger partial charge in [-0.3, -0.25) is 4.98 Å². The smallest absolute Gasteiger partial charge is 0.322 e. The molecule has 0 radical (unpaired) electrons. The number of anilines is 1.